The maximum atomic E-state index is 15.5. The highest BCUT2D eigenvalue weighted by molar-refractivity contribution is 5.93. The average molecular weight is 487 g/mol. The topological polar surface area (TPSA) is 118 Å². The largest absolute Gasteiger partial charge is 0.430 e. The number of aromatic nitrogens is 7. The lowest BCUT2D eigenvalue weighted by atomic mass is 10.1. The summed E-state index contributed by atoms with van der Waals surface area (Å²) in [4.78, 5) is 25.2. The van der Waals surface area contributed by atoms with Gasteiger partial charge in [-0.05, 0) is 29.5 Å². The number of fused-ring (bicyclic) bond motifs is 1. The molecule has 0 atom stereocenters. The Balaban J connectivity index is 1.62. The summed E-state index contributed by atoms with van der Waals surface area (Å²) in [5.74, 6) is -0.616. The van der Waals surface area contributed by atoms with Crippen molar-refractivity contribution in [1.29, 1.82) is 0 Å². The average Bonchev–Trinajstić information content (AvgIpc) is 3.40. The van der Waals surface area contributed by atoms with Crippen LogP contribution >= 0.6 is 0 Å². The number of H-pyrrole nitrogens is 1. The molecule has 1 aliphatic heterocycles. The number of halogens is 3. The maximum absolute atomic E-state index is 15.5. The van der Waals surface area contributed by atoms with Crippen LogP contribution in [0.25, 0.3) is 22.3 Å². The van der Waals surface area contributed by atoms with Gasteiger partial charge in [-0.15, -0.1) is 5.10 Å². The van der Waals surface area contributed by atoms with Crippen molar-refractivity contribution in [1.82, 2.24) is 35.2 Å². The quantitative estimate of drug-likeness (QED) is 0.436. The van der Waals surface area contributed by atoms with Gasteiger partial charge in [0.05, 0.1) is 16.5 Å². The summed E-state index contributed by atoms with van der Waals surface area (Å²) in [5.41, 5.74) is -0.587. The minimum atomic E-state index is -3.23. The van der Waals surface area contributed by atoms with Gasteiger partial charge >= 0.3 is 6.61 Å². The van der Waals surface area contributed by atoms with E-state index < -0.39 is 17.9 Å². The third kappa shape index (κ3) is 4.11. The fourth-order valence-electron chi connectivity index (χ4n) is 4.26. The second-order valence-corrected chi connectivity index (χ2v) is 7.74. The van der Waals surface area contributed by atoms with E-state index in [2.05, 4.69) is 30.6 Å². The summed E-state index contributed by atoms with van der Waals surface area (Å²) in [7, 11) is 0. The molecule has 5 rings (SSSR count). The zero-order valence-corrected chi connectivity index (χ0v) is 18.5. The molecular formula is C21H20F3N9O2. The van der Waals surface area contributed by atoms with Gasteiger partial charge in [-0.3, -0.25) is 4.79 Å². The van der Waals surface area contributed by atoms with Crippen molar-refractivity contribution in [3.63, 3.8) is 0 Å². The molecule has 182 valence electrons. The van der Waals surface area contributed by atoms with Crippen LogP contribution in [0.15, 0.2) is 35.5 Å². The van der Waals surface area contributed by atoms with E-state index in [0.29, 0.717) is 32.1 Å². The van der Waals surface area contributed by atoms with Gasteiger partial charge in [-0.2, -0.15) is 8.78 Å². The number of aromatic amines is 1. The van der Waals surface area contributed by atoms with E-state index in [-0.39, 0.29) is 40.3 Å². The molecule has 3 aromatic heterocycles. The Hall–Kier alpha value is -4.23. The molecule has 0 bridgehead atoms. The van der Waals surface area contributed by atoms with Crippen LogP contribution in [-0.2, 0) is 6.54 Å². The molecule has 1 N–H and O–H groups in total. The Bertz CT molecular complexity index is 1390. The molecule has 1 saturated heterocycles. The zero-order chi connectivity index (χ0) is 24.5. The van der Waals surface area contributed by atoms with E-state index in [1.165, 1.54) is 6.20 Å². The molecule has 35 heavy (non-hydrogen) atoms. The highest BCUT2D eigenvalue weighted by atomic mass is 19.3. The number of hydrogen-bond acceptors (Lipinski definition) is 9. The van der Waals surface area contributed by atoms with E-state index in [9.17, 15) is 13.6 Å². The minimum Gasteiger partial charge on any atom is -0.430 e. The van der Waals surface area contributed by atoms with Crippen molar-refractivity contribution in [3.05, 3.63) is 46.8 Å². The number of ether oxygens (including phenoxy) is 1. The van der Waals surface area contributed by atoms with Gasteiger partial charge in [0.15, 0.2) is 17.4 Å². The molecule has 1 fully saturated rings. The van der Waals surface area contributed by atoms with E-state index in [0.717, 1.165) is 6.07 Å². The SMILES string of the molecule is CCn1cc(-c2nnn[nH]2)c(=O)c2cc(F)c(N3CCN(c4ncccn4)CC3)c(OC(F)F)c21. The van der Waals surface area contributed by atoms with Crippen LogP contribution in [0.3, 0.4) is 0 Å². The minimum absolute atomic E-state index is 0.0687. The van der Waals surface area contributed by atoms with Crippen LogP contribution in [0, 0.1) is 5.82 Å². The molecule has 4 heterocycles. The van der Waals surface area contributed by atoms with Gasteiger partial charge in [-0.25, -0.2) is 19.5 Å². The zero-order valence-electron chi connectivity index (χ0n) is 18.5. The second-order valence-electron chi connectivity index (χ2n) is 7.74. The molecule has 0 aliphatic carbocycles. The molecule has 0 amide bonds. The normalized spacial score (nSPS) is 14.2. The van der Waals surface area contributed by atoms with Gasteiger partial charge < -0.3 is 19.1 Å². The molecule has 11 nitrogen and oxygen atoms in total. The highest BCUT2D eigenvalue weighted by Gasteiger charge is 2.29. The number of aryl methyl sites for hydroxylation is 1. The molecule has 1 aliphatic rings. The fraction of sp³-hybridized carbons (Fsp3) is 0.333. The summed E-state index contributed by atoms with van der Waals surface area (Å²) in [6.07, 6.45) is 4.69. The van der Waals surface area contributed by atoms with Gasteiger partial charge in [0.1, 0.15) is 5.69 Å². The summed E-state index contributed by atoms with van der Waals surface area (Å²) in [6.45, 7) is 0.310. The van der Waals surface area contributed by atoms with E-state index in [1.807, 2.05) is 4.90 Å². The smallest absolute Gasteiger partial charge is 0.387 e. The van der Waals surface area contributed by atoms with Crippen molar-refractivity contribution >= 4 is 22.5 Å². The van der Waals surface area contributed by atoms with Gasteiger partial charge in [-0.1, -0.05) is 0 Å². The molecule has 1 aromatic carbocycles. The number of hydrogen-bond donors (Lipinski definition) is 1. The van der Waals surface area contributed by atoms with Gasteiger partial charge in [0.2, 0.25) is 11.4 Å². The Morgan fingerprint density at radius 1 is 1.14 bits per heavy atom. The van der Waals surface area contributed by atoms with Crippen LogP contribution in [0.1, 0.15) is 6.92 Å². The number of pyridine rings is 1. The number of anilines is 2. The summed E-state index contributed by atoms with van der Waals surface area (Å²) in [6, 6.07) is 2.76. The van der Waals surface area contributed by atoms with Crippen molar-refractivity contribution in [2.75, 3.05) is 36.0 Å². The maximum Gasteiger partial charge on any atom is 0.387 e. The molecule has 4 aromatic rings. The third-order valence-electron chi connectivity index (χ3n) is 5.82. The molecule has 0 radical (unpaired) electrons. The standard InChI is InChI=1S/C21H20F3N9O2/c1-2-31-11-13(19-27-29-30-28-19)17(34)12-10-14(22)16(18(15(12)31)35-20(23)24)32-6-8-33(9-7-32)21-25-4-3-5-26-21/h3-5,10-11,20H,2,6-9H2,1H3,(H,27,28,29,30). The second kappa shape index (κ2) is 9.19. The molecular weight excluding hydrogens is 467 g/mol. The fourth-order valence-corrected chi connectivity index (χ4v) is 4.26. The molecule has 0 spiro atoms. The van der Waals surface area contributed by atoms with Crippen LogP contribution in [0.2, 0.25) is 0 Å². The summed E-state index contributed by atoms with van der Waals surface area (Å²) in [5, 5.41) is 13.1. The lowest BCUT2D eigenvalue weighted by Crippen LogP contribution is -2.47. The molecule has 0 saturated carbocycles. The predicted molar refractivity (Wildman–Crippen MR) is 120 cm³/mol. The number of nitrogens with zero attached hydrogens (tertiary/aromatic N) is 8. The van der Waals surface area contributed by atoms with Crippen LogP contribution in [-0.4, -0.2) is 67.9 Å². The Kier molecular flexibility index (Phi) is 5.93. The first kappa shape index (κ1) is 22.6. The van der Waals surface area contributed by atoms with E-state index in [4.69, 9.17) is 4.74 Å². The van der Waals surface area contributed by atoms with Crippen LogP contribution < -0.4 is 20.0 Å². The number of piperazine rings is 1. The van der Waals surface area contributed by atoms with Crippen LogP contribution in [0.4, 0.5) is 24.8 Å². The number of nitrogens with one attached hydrogen (secondary N) is 1. The first-order chi connectivity index (χ1) is 17.0. The van der Waals surface area contributed by atoms with Gasteiger partial charge in [0.25, 0.3) is 0 Å². The van der Waals surface area contributed by atoms with Gasteiger partial charge in [0, 0.05) is 51.3 Å². The van der Waals surface area contributed by atoms with E-state index >= 15 is 4.39 Å². The monoisotopic (exact) mass is 487 g/mol. The highest BCUT2D eigenvalue weighted by Crippen LogP contribution is 2.40. The number of tetrazole rings is 1. The Morgan fingerprint density at radius 3 is 2.49 bits per heavy atom. The molecule has 14 heteroatoms. The number of alkyl halides is 2. The Morgan fingerprint density at radius 2 is 1.86 bits per heavy atom. The predicted octanol–water partition coefficient (Wildman–Crippen LogP) is 2.06. The lowest BCUT2D eigenvalue weighted by molar-refractivity contribution is -0.0488. The summed E-state index contributed by atoms with van der Waals surface area (Å²) < 4.78 is 49.0. The number of benzene rings is 1. The first-order valence-corrected chi connectivity index (χ1v) is 10.8. The van der Waals surface area contributed by atoms with Crippen molar-refractivity contribution in [3.8, 4) is 17.1 Å². The van der Waals surface area contributed by atoms with Crippen LogP contribution in [0.5, 0.6) is 5.75 Å². The molecule has 0 unspecified atom stereocenters. The number of rotatable bonds is 6. The van der Waals surface area contributed by atoms with Crippen molar-refractivity contribution < 1.29 is 17.9 Å². The van der Waals surface area contributed by atoms with Crippen molar-refractivity contribution in [2.24, 2.45) is 0 Å². The first-order valence-electron chi connectivity index (χ1n) is 10.8. The third-order valence-corrected chi connectivity index (χ3v) is 5.82. The van der Waals surface area contributed by atoms with Crippen molar-refractivity contribution in [2.45, 2.75) is 20.1 Å². The lowest BCUT2D eigenvalue weighted by Gasteiger charge is -2.37. The van der Waals surface area contributed by atoms with E-state index in [1.54, 1.807) is 34.9 Å². The summed E-state index contributed by atoms with van der Waals surface area (Å²) >= 11 is 0. The Labute approximate surface area is 196 Å².